The van der Waals surface area contributed by atoms with Gasteiger partial charge < -0.3 is 14.8 Å². The molecule has 0 aromatic heterocycles. The standard InChI is InChI=1S/C14H19F2NO3/c1-14(17-2,13(18)19-3)5-4-6-20-12-8-10(15)7-11(16)9-12/h7-9,17H,4-6H2,1-3H3. The lowest BCUT2D eigenvalue weighted by atomic mass is 9.96. The van der Waals surface area contributed by atoms with E-state index in [9.17, 15) is 13.6 Å². The minimum Gasteiger partial charge on any atom is -0.493 e. The van der Waals surface area contributed by atoms with Crippen molar-refractivity contribution in [1.29, 1.82) is 0 Å². The van der Waals surface area contributed by atoms with Gasteiger partial charge in [-0.05, 0) is 26.8 Å². The molecule has 0 fully saturated rings. The minimum atomic E-state index is -0.800. The molecule has 1 unspecified atom stereocenters. The van der Waals surface area contributed by atoms with Crippen molar-refractivity contribution in [3.05, 3.63) is 29.8 Å². The summed E-state index contributed by atoms with van der Waals surface area (Å²) in [6.45, 7) is 1.97. The Balaban J connectivity index is 2.46. The number of likely N-dealkylation sites (N-methyl/N-ethyl adjacent to an activating group) is 1. The summed E-state index contributed by atoms with van der Waals surface area (Å²) in [6.07, 6.45) is 1.01. The van der Waals surface area contributed by atoms with Crippen molar-refractivity contribution in [2.24, 2.45) is 0 Å². The molecule has 0 saturated heterocycles. The van der Waals surface area contributed by atoms with Gasteiger partial charge in [-0.3, -0.25) is 4.79 Å². The molecule has 1 aromatic rings. The second-order valence-corrected chi connectivity index (χ2v) is 4.63. The Morgan fingerprint density at radius 2 is 1.90 bits per heavy atom. The molecule has 0 saturated carbocycles. The molecule has 1 N–H and O–H groups in total. The first-order valence-corrected chi connectivity index (χ1v) is 6.27. The number of carbonyl (C=O) groups excluding carboxylic acids is 1. The van der Waals surface area contributed by atoms with E-state index < -0.39 is 17.2 Å². The number of rotatable bonds is 7. The molecule has 1 rings (SSSR count). The first-order valence-electron chi connectivity index (χ1n) is 6.27. The van der Waals surface area contributed by atoms with Gasteiger partial charge in [-0.25, -0.2) is 8.78 Å². The Morgan fingerprint density at radius 3 is 2.40 bits per heavy atom. The first-order chi connectivity index (χ1) is 9.41. The van der Waals surface area contributed by atoms with E-state index >= 15 is 0 Å². The summed E-state index contributed by atoms with van der Waals surface area (Å²) < 4.78 is 35.9. The molecule has 0 aliphatic heterocycles. The third-order valence-electron chi connectivity index (χ3n) is 3.11. The van der Waals surface area contributed by atoms with Crippen molar-refractivity contribution >= 4 is 5.97 Å². The summed E-state index contributed by atoms with van der Waals surface area (Å²) in [4.78, 5) is 11.6. The second-order valence-electron chi connectivity index (χ2n) is 4.63. The summed E-state index contributed by atoms with van der Waals surface area (Å²) in [6, 6.07) is 3.00. The molecule has 0 aliphatic rings. The zero-order valence-electron chi connectivity index (χ0n) is 11.8. The smallest absolute Gasteiger partial charge is 0.325 e. The van der Waals surface area contributed by atoms with Crippen LogP contribution in [-0.2, 0) is 9.53 Å². The van der Waals surface area contributed by atoms with Crippen LogP contribution in [0.15, 0.2) is 18.2 Å². The van der Waals surface area contributed by atoms with Crippen molar-refractivity contribution in [3.8, 4) is 5.75 Å². The number of nitrogens with one attached hydrogen (secondary N) is 1. The number of hydrogen-bond acceptors (Lipinski definition) is 4. The van der Waals surface area contributed by atoms with Crippen LogP contribution in [0.1, 0.15) is 19.8 Å². The van der Waals surface area contributed by atoms with Gasteiger partial charge in [0.25, 0.3) is 0 Å². The van der Waals surface area contributed by atoms with Gasteiger partial charge in [0, 0.05) is 18.2 Å². The number of hydrogen-bond donors (Lipinski definition) is 1. The molecule has 1 aromatic carbocycles. The van der Waals surface area contributed by atoms with Gasteiger partial charge >= 0.3 is 5.97 Å². The van der Waals surface area contributed by atoms with Gasteiger partial charge in [0.05, 0.1) is 13.7 Å². The number of esters is 1. The lowest BCUT2D eigenvalue weighted by Crippen LogP contribution is -2.48. The average Bonchev–Trinajstić information content (AvgIpc) is 2.41. The molecule has 0 radical (unpaired) electrons. The monoisotopic (exact) mass is 287 g/mol. The molecule has 112 valence electrons. The van der Waals surface area contributed by atoms with Crippen LogP contribution in [0.4, 0.5) is 8.78 Å². The van der Waals surface area contributed by atoms with Crippen molar-refractivity contribution in [2.45, 2.75) is 25.3 Å². The van der Waals surface area contributed by atoms with Crippen LogP contribution < -0.4 is 10.1 Å². The predicted octanol–water partition coefficient (Wildman–Crippen LogP) is 2.27. The van der Waals surface area contributed by atoms with Crippen molar-refractivity contribution < 1.29 is 23.0 Å². The molecule has 6 heteroatoms. The maximum atomic E-state index is 12.9. The third kappa shape index (κ3) is 4.45. The molecule has 0 spiro atoms. The van der Waals surface area contributed by atoms with Crippen LogP contribution in [0, 0.1) is 11.6 Å². The van der Waals surface area contributed by atoms with Crippen LogP contribution in [0.3, 0.4) is 0 Å². The summed E-state index contributed by atoms with van der Waals surface area (Å²) in [5, 5.41) is 2.90. The largest absolute Gasteiger partial charge is 0.493 e. The fraction of sp³-hybridized carbons (Fsp3) is 0.500. The van der Waals surface area contributed by atoms with E-state index in [1.807, 2.05) is 0 Å². The molecule has 0 heterocycles. The number of methoxy groups -OCH3 is 1. The van der Waals surface area contributed by atoms with Gasteiger partial charge in [-0.15, -0.1) is 0 Å². The van der Waals surface area contributed by atoms with Gasteiger partial charge in [0.2, 0.25) is 0 Å². The highest BCUT2D eigenvalue weighted by atomic mass is 19.1. The van der Waals surface area contributed by atoms with E-state index in [0.717, 1.165) is 18.2 Å². The van der Waals surface area contributed by atoms with Crippen LogP contribution in [0.25, 0.3) is 0 Å². The normalized spacial score (nSPS) is 13.7. The first kappa shape index (κ1) is 16.4. The highest BCUT2D eigenvalue weighted by molar-refractivity contribution is 5.80. The van der Waals surface area contributed by atoms with Crippen LogP contribution >= 0.6 is 0 Å². The molecule has 1 atom stereocenters. The molecule has 20 heavy (non-hydrogen) atoms. The van der Waals surface area contributed by atoms with Crippen LogP contribution in [0.2, 0.25) is 0 Å². The highest BCUT2D eigenvalue weighted by Gasteiger charge is 2.31. The van der Waals surface area contributed by atoms with Crippen LogP contribution in [0.5, 0.6) is 5.75 Å². The maximum absolute atomic E-state index is 12.9. The van der Waals surface area contributed by atoms with E-state index in [1.54, 1.807) is 14.0 Å². The zero-order valence-corrected chi connectivity index (χ0v) is 11.8. The van der Waals surface area contributed by atoms with Crippen LogP contribution in [-0.4, -0.2) is 32.3 Å². The van der Waals surface area contributed by atoms with Crippen molar-refractivity contribution in [3.63, 3.8) is 0 Å². The Bertz CT molecular complexity index is 447. The Kier molecular flexibility index (Phi) is 5.88. The Morgan fingerprint density at radius 1 is 1.30 bits per heavy atom. The van der Waals surface area contributed by atoms with E-state index in [4.69, 9.17) is 9.47 Å². The second kappa shape index (κ2) is 7.19. The third-order valence-corrected chi connectivity index (χ3v) is 3.11. The molecule has 0 bridgehead atoms. The topological polar surface area (TPSA) is 47.6 Å². The molecular weight excluding hydrogens is 268 g/mol. The van der Waals surface area contributed by atoms with Crippen molar-refractivity contribution in [2.75, 3.05) is 20.8 Å². The Labute approximate surface area is 117 Å². The lowest BCUT2D eigenvalue weighted by molar-refractivity contribution is -0.148. The summed E-state index contributed by atoms with van der Waals surface area (Å²) in [5.41, 5.74) is -0.800. The molecule has 0 amide bonds. The highest BCUT2D eigenvalue weighted by Crippen LogP contribution is 2.17. The average molecular weight is 287 g/mol. The minimum absolute atomic E-state index is 0.131. The quantitative estimate of drug-likeness (QED) is 0.617. The Hall–Kier alpha value is -1.69. The van der Waals surface area contributed by atoms with Crippen molar-refractivity contribution in [1.82, 2.24) is 5.32 Å². The fourth-order valence-corrected chi connectivity index (χ4v) is 1.78. The maximum Gasteiger partial charge on any atom is 0.325 e. The summed E-state index contributed by atoms with van der Waals surface area (Å²) in [7, 11) is 2.99. The predicted molar refractivity (Wildman–Crippen MR) is 70.6 cm³/mol. The lowest BCUT2D eigenvalue weighted by Gasteiger charge is -2.25. The number of ether oxygens (including phenoxy) is 2. The fourth-order valence-electron chi connectivity index (χ4n) is 1.78. The number of carbonyl (C=O) groups is 1. The van der Waals surface area contributed by atoms with Gasteiger partial charge in [-0.1, -0.05) is 0 Å². The number of benzene rings is 1. The molecule has 0 aliphatic carbocycles. The van der Waals surface area contributed by atoms with E-state index in [2.05, 4.69) is 5.32 Å². The van der Waals surface area contributed by atoms with Gasteiger partial charge in [-0.2, -0.15) is 0 Å². The van der Waals surface area contributed by atoms with Gasteiger partial charge in [0.15, 0.2) is 0 Å². The SMILES string of the molecule is CNC(C)(CCCOc1cc(F)cc(F)c1)C(=O)OC. The molecule has 4 nitrogen and oxygen atoms in total. The number of halogens is 2. The zero-order chi connectivity index (χ0) is 15.2. The van der Waals surface area contributed by atoms with E-state index in [-0.39, 0.29) is 18.3 Å². The van der Waals surface area contributed by atoms with E-state index in [1.165, 1.54) is 7.11 Å². The van der Waals surface area contributed by atoms with E-state index in [0.29, 0.717) is 12.8 Å². The molecular formula is C14H19F2NO3. The summed E-state index contributed by atoms with van der Waals surface area (Å²) in [5.74, 6) is -1.60. The van der Waals surface area contributed by atoms with Gasteiger partial charge in [0.1, 0.15) is 22.9 Å². The summed E-state index contributed by atoms with van der Waals surface area (Å²) >= 11 is 0.